The second kappa shape index (κ2) is 8.28. The Bertz CT molecular complexity index is 640. The zero-order chi connectivity index (χ0) is 15.4. The molecule has 124 valence electrons. The molecule has 2 aromatic heterocycles. The van der Waals surface area contributed by atoms with Crippen molar-refractivity contribution >= 4 is 29.9 Å². The molecule has 1 aliphatic carbocycles. The molecule has 0 radical (unpaired) electrons. The number of nitrogens with one attached hydrogen (secondary N) is 2. The second-order valence-corrected chi connectivity index (χ2v) is 5.65. The van der Waals surface area contributed by atoms with Crippen molar-refractivity contribution in [2.24, 2.45) is 10.9 Å². The molecule has 0 aromatic carbocycles. The molecule has 2 unspecified atom stereocenters. The van der Waals surface area contributed by atoms with Crippen LogP contribution in [-0.2, 0) is 6.54 Å². The van der Waals surface area contributed by atoms with E-state index >= 15 is 0 Å². The topological polar surface area (TPSA) is 67.1 Å². The molecule has 7 heteroatoms. The highest BCUT2D eigenvalue weighted by molar-refractivity contribution is 14.0. The minimum Gasteiger partial charge on any atom is -0.357 e. The largest absolute Gasteiger partial charge is 0.357 e. The summed E-state index contributed by atoms with van der Waals surface area (Å²) in [6.45, 7) is 5.82. The lowest BCUT2D eigenvalue weighted by Gasteiger charge is -2.11. The zero-order valence-electron chi connectivity index (χ0n) is 13.4. The lowest BCUT2D eigenvalue weighted by molar-refractivity contribution is 0.766. The summed E-state index contributed by atoms with van der Waals surface area (Å²) < 4.78 is 1.89. The first-order valence-corrected chi connectivity index (χ1v) is 7.74. The van der Waals surface area contributed by atoms with Crippen LogP contribution in [0.4, 0.5) is 0 Å². The van der Waals surface area contributed by atoms with Gasteiger partial charge in [0.05, 0.1) is 6.54 Å². The molecule has 1 aliphatic rings. The number of guanidine groups is 1. The highest BCUT2D eigenvalue weighted by atomic mass is 127. The van der Waals surface area contributed by atoms with E-state index in [1.54, 1.807) is 12.5 Å². The predicted octanol–water partition coefficient (Wildman–Crippen LogP) is 2.35. The van der Waals surface area contributed by atoms with Crippen molar-refractivity contribution in [3.63, 3.8) is 0 Å². The average Bonchev–Trinajstić information content (AvgIpc) is 3.02. The summed E-state index contributed by atoms with van der Waals surface area (Å²) in [7, 11) is 0. The molecule has 2 heterocycles. The van der Waals surface area contributed by atoms with E-state index in [1.807, 2.05) is 29.1 Å². The van der Waals surface area contributed by atoms with Crippen LogP contribution in [0.5, 0.6) is 0 Å². The monoisotopic (exact) mass is 426 g/mol. The zero-order valence-corrected chi connectivity index (χ0v) is 15.8. The van der Waals surface area contributed by atoms with Crippen LogP contribution in [0.2, 0.25) is 0 Å². The summed E-state index contributed by atoms with van der Waals surface area (Å²) in [6.07, 6.45) is 8.41. The van der Waals surface area contributed by atoms with Gasteiger partial charge in [0, 0.05) is 31.2 Å². The molecule has 1 fully saturated rings. The lowest BCUT2D eigenvalue weighted by atomic mass is 10.2. The number of nitrogens with zero attached hydrogens (tertiary/aromatic N) is 4. The number of aromatic nitrogens is 3. The van der Waals surface area contributed by atoms with E-state index in [0.717, 1.165) is 29.8 Å². The molecular weight excluding hydrogens is 403 g/mol. The summed E-state index contributed by atoms with van der Waals surface area (Å²) >= 11 is 0. The second-order valence-electron chi connectivity index (χ2n) is 5.65. The molecule has 23 heavy (non-hydrogen) atoms. The molecule has 1 saturated carbocycles. The number of halogens is 1. The minimum atomic E-state index is 0. The molecule has 0 saturated heterocycles. The number of rotatable bonds is 5. The van der Waals surface area contributed by atoms with E-state index in [0.29, 0.717) is 12.6 Å². The molecule has 6 nitrogen and oxygen atoms in total. The SMILES string of the molecule is CCNC(=NCc1ccnc(-n2ccnc2)c1)NC1CC1C.I. The van der Waals surface area contributed by atoms with E-state index in [9.17, 15) is 0 Å². The Hall–Kier alpha value is -1.64. The smallest absolute Gasteiger partial charge is 0.191 e. The maximum absolute atomic E-state index is 4.66. The summed E-state index contributed by atoms with van der Waals surface area (Å²) in [5.74, 6) is 2.49. The van der Waals surface area contributed by atoms with Gasteiger partial charge in [-0.25, -0.2) is 15.0 Å². The molecule has 0 aliphatic heterocycles. The normalized spacial score (nSPS) is 19.8. The summed E-state index contributed by atoms with van der Waals surface area (Å²) in [5, 5.41) is 6.76. The quantitative estimate of drug-likeness (QED) is 0.438. The van der Waals surface area contributed by atoms with E-state index in [-0.39, 0.29) is 24.0 Å². The Morgan fingerprint density at radius 2 is 2.26 bits per heavy atom. The maximum atomic E-state index is 4.66. The highest BCUT2D eigenvalue weighted by Crippen LogP contribution is 2.28. The molecule has 3 rings (SSSR count). The van der Waals surface area contributed by atoms with Gasteiger partial charge in [0.2, 0.25) is 0 Å². The molecule has 2 aromatic rings. The first kappa shape index (κ1) is 17.7. The van der Waals surface area contributed by atoms with Crippen LogP contribution in [0.3, 0.4) is 0 Å². The molecule has 0 amide bonds. The van der Waals surface area contributed by atoms with Gasteiger partial charge in [0.25, 0.3) is 0 Å². The van der Waals surface area contributed by atoms with Crippen molar-refractivity contribution in [1.82, 2.24) is 25.2 Å². The highest BCUT2D eigenvalue weighted by Gasteiger charge is 2.33. The third-order valence-corrected chi connectivity index (χ3v) is 3.77. The summed E-state index contributed by atoms with van der Waals surface area (Å²) in [4.78, 5) is 13.1. The number of pyridine rings is 1. The first-order chi connectivity index (χ1) is 10.8. The van der Waals surface area contributed by atoms with Crippen molar-refractivity contribution in [1.29, 1.82) is 0 Å². The summed E-state index contributed by atoms with van der Waals surface area (Å²) in [6, 6.07) is 4.60. The van der Waals surface area contributed by atoms with Crippen LogP contribution in [0.15, 0.2) is 42.0 Å². The number of aliphatic imine (C=N–C) groups is 1. The number of hydrogen-bond acceptors (Lipinski definition) is 3. The Labute approximate surface area is 153 Å². The molecule has 2 N–H and O–H groups in total. The van der Waals surface area contributed by atoms with Crippen LogP contribution in [0.1, 0.15) is 25.8 Å². The molecule has 0 spiro atoms. The van der Waals surface area contributed by atoms with E-state index < -0.39 is 0 Å². The van der Waals surface area contributed by atoms with Gasteiger partial charge < -0.3 is 10.6 Å². The molecule has 0 bridgehead atoms. The Morgan fingerprint density at radius 3 is 2.91 bits per heavy atom. The van der Waals surface area contributed by atoms with Gasteiger partial charge in [-0.05, 0) is 37.0 Å². The standard InChI is InChI=1S/C16H22N6.HI/c1-3-18-16(21-14-8-12(14)2)20-10-13-4-5-19-15(9-13)22-7-6-17-11-22;/h4-7,9,11-12,14H,3,8,10H2,1-2H3,(H2,18,20,21);1H. The molecule has 2 atom stereocenters. The van der Waals surface area contributed by atoms with Crippen LogP contribution < -0.4 is 10.6 Å². The summed E-state index contributed by atoms with van der Waals surface area (Å²) in [5.41, 5.74) is 1.12. The fraction of sp³-hybridized carbons (Fsp3) is 0.438. The molecular formula is C16H23IN6. The third kappa shape index (κ3) is 4.92. The lowest BCUT2D eigenvalue weighted by Crippen LogP contribution is -2.39. The van der Waals surface area contributed by atoms with Gasteiger partial charge >= 0.3 is 0 Å². The number of hydrogen-bond donors (Lipinski definition) is 2. The van der Waals surface area contributed by atoms with Crippen LogP contribution in [0.25, 0.3) is 5.82 Å². The van der Waals surface area contributed by atoms with Gasteiger partial charge in [0.15, 0.2) is 5.96 Å². The van der Waals surface area contributed by atoms with Crippen LogP contribution >= 0.6 is 24.0 Å². The Morgan fingerprint density at radius 1 is 1.43 bits per heavy atom. The van der Waals surface area contributed by atoms with E-state index in [4.69, 9.17) is 0 Å². The minimum absolute atomic E-state index is 0. The predicted molar refractivity (Wildman–Crippen MR) is 102 cm³/mol. The van der Waals surface area contributed by atoms with Gasteiger partial charge in [-0.15, -0.1) is 24.0 Å². The van der Waals surface area contributed by atoms with Gasteiger partial charge in [-0.1, -0.05) is 6.92 Å². The maximum Gasteiger partial charge on any atom is 0.191 e. The van der Waals surface area contributed by atoms with Gasteiger partial charge in [-0.3, -0.25) is 4.57 Å². The van der Waals surface area contributed by atoms with Crippen LogP contribution in [0, 0.1) is 5.92 Å². The van der Waals surface area contributed by atoms with Crippen molar-refractivity contribution in [2.75, 3.05) is 6.54 Å². The fourth-order valence-corrected chi connectivity index (χ4v) is 2.28. The third-order valence-electron chi connectivity index (χ3n) is 3.77. The number of imidazole rings is 1. The van der Waals surface area contributed by atoms with Crippen molar-refractivity contribution in [3.8, 4) is 5.82 Å². The van der Waals surface area contributed by atoms with E-state index in [1.165, 1.54) is 6.42 Å². The van der Waals surface area contributed by atoms with Gasteiger partial charge in [-0.2, -0.15) is 0 Å². The van der Waals surface area contributed by atoms with Crippen molar-refractivity contribution in [3.05, 3.63) is 42.6 Å². The van der Waals surface area contributed by atoms with Crippen LogP contribution in [-0.4, -0.2) is 33.1 Å². The average molecular weight is 426 g/mol. The Balaban J connectivity index is 0.00000192. The van der Waals surface area contributed by atoms with Gasteiger partial charge in [0.1, 0.15) is 12.1 Å². The Kier molecular flexibility index (Phi) is 6.37. The first-order valence-electron chi connectivity index (χ1n) is 7.74. The van der Waals surface area contributed by atoms with E-state index in [2.05, 4.69) is 39.4 Å². The van der Waals surface area contributed by atoms with Crippen molar-refractivity contribution in [2.45, 2.75) is 32.9 Å². The fourth-order valence-electron chi connectivity index (χ4n) is 2.28. The van der Waals surface area contributed by atoms with Crippen molar-refractivity contribution < 1.29 is 0 Å².